The molecule has 0 aliphatic heterocycles. The van der Waals surface area contributed by atoms with Crippen LogP contribution in [0.25, 0.3) is 11.0 Å². The van der Waals surface area contributed by atoms with Crippen LogP contribution in [0, 0.1) is 6.92 Å². The van der Waals surface area contributed by atoms with Crippen LogP contribution >= 0.6 is 0 Å². The van der Waals surface area contributed by atoms with E-state index in [1.807, 2.05) is 31.2 Å². The van der Waals surface area contributed by atoms with Gasteiger partial charge in [0, 0.05) is 17.8 Å². The molecule has 4 rings (SSSR count). The van der Waals surface area contributed by atoms with Gasteiger partial charge in [0.1, 0.15) is 11.5 Å². The van der Waals surface area contributed by atoms with E-state index in [0.717, 1.165) is 11.3 Å². The van der Waals surface area contributed by atoms with E-state index in [2.05, 4.69) is 10.3 Å². The Morgan fingerprint density at radius 3 is 2.26 bits per heavy atom. The summed E-state index contributed by atoms with van der Waals surface area (Å²) in [5.41, 5.74) is 1.80. The van der Waals surface area contributed by atoms with E-state index >= 15 is 0 Å². The Kier molecular flexibility index (Phi) is 5.41. The zero-order valence-corrected chi connectivity index (χ0v) is 17.1. The van der Waals surface area contributed by atoms with Crippen molar-refractivity contribution in [3.8, 4) is 11.5 Å². The van der Waals surface area contributed by atoms with Crippen LogP contribution in [-0.2, 0) is 6.54 Å². The second-order valence-electron chi connectivity index (χ2n) is 7.13. The summed E-state index contributed by atoms with van der Waals surface area (Å²) in [6.07, 6.45) is 0. The molecule has 0 saturated heterocycles. The zero-order valence-electron chi connectivity index (χ0n) is 17.1. The molecule has 0 saturated carbocycles. The number of carbonyl (C=O) groups excluding carboxylic acids is 1. The molecular formula is C24H21N3O4. The zero-order chi connectivity index (χ0) is 22.0. The number of H-pyrrole nitrogens is 1. The van der Waals surface area contributed by atoms with Crippen LogP contribution in [0.2, 0.25) is 0 Å². The summed E-state index contributed by atoms with van der Waals surface area (Å²) in [7, 11) is 0. The lowest BCUT2D eigenvalue weighted by Gasteiger charge is -2.10. The van der Waals surface area contributed by atoms with Gasteiger partial charge in [0.25, 0.3) is 5.91 Å². The third-order valence-electron chi connectivity index (χ3n) is 4.92. The van der Waals surface area contributed by atoms with Gasteiger partial charge < -0.3 is 19.6 Å². The van der Waals surface area contributed by atoms with Crippen molar-refractivity contribution >= 4 is 22.6 Å². The molecule has 0 radical (unpaired) electrons. The normalized spacial score (nSPS) is 10.8. The summed E-state index contributed by atoms with van der Waals surface area (Å²) in [4.78, 5) is 39.0. The van der Waals surface area contributed by atoms with E-state index < -0.39 is 11.1 Å². The Morgan fingerprint density at radius 2 is 1.61 bits per heavy atom. The van der Waals surface area contributed by atoms with E-state index in [4.69, 9.17) is 4.74 Å². The summed E-state index contributed by atoms with van der Waals surface area (Å²) in [5.74, 6) is 1.06. The molecule has 0 aliphatic rings. The number of anilines is 1. The first-order valence-electron chi connectivity index (χ1n) is 9.87. The van der Waals surface area contributed by atoms with Crippen LogP contribution in [0.5, 0.6) is 11.5 Å². The number of aryl methyl sites for hydroxylation is 2. The molecular weight excluding hydrogens is 394 g/mol. The predicted octanol–water partition coefficient (Wildman–Crippen LogP) is 4.06. The first-order valence-corrected chi connectivity index (χ1v) is 9.87. The maximum absolute atomic E-state index is 12.7. The molecule has 1 amide bonds. The van der Waals surface area contributed by atoms with Gasteiger partial charge in [-0.15, -0.1) is 0 Å². The van der Waals surface area contributed by atoms with Gasteiger partial charge in [-0.3, -0.25) is 14.4 Å². The average Bonchev–Trinajstić information content (AvgIpc) is 2.77. The lowest BCUT2D eigenvalue weighted by atomic mass is 10.1. The standard InChI is InChI=1S/C24H21N3O4/c1-3-27-21-13-6-16(14-20(21)26-23(29)24(27)30)22(28)25-17-7-11-19(12-8-17)31-18-9-4-15(2)5-10-18/h4-14H,3H2,1-2H3,(H,25,28)(H,26,29). The summed E-state index contributed by atoms with van der Waals surface area (Å²) < 4.78 is 7.17. The third kappa shape index (κ3) is 4.25. The van der Waals surface area contributed by atoms with Gasteiger partial charge >= 0.3 is 11.1 Å². The molecule has 0 spiro atoms. The minimum absolute atomic E-state index is 0.329. The van der Waals surface area contributed by atoms with Crippen LogP contribution in [0.3, 0.4) is 0 Å². The van der Waals surface area contributed by atoms with Crippen molar-refractivity contribution in [2.75, 3.05) is 5.32 Å². The van der Waals surface area contributed by atoms with E-state index in [0.29, 0.717) is 34.6 Å². The summed E-state index contributed by atoms with van der Waals surface area (Å²) in [6, 6.07) is 19.6. The first-order chi connectivity index (χ1) is 14.9. The number of amides is 1. The minimum Gasteiger partial charge on any atom is -0.457 e. The minimum atomic E-state index is -0.712. The van der Waals surface area contributed by atoms with Gasteiger partial charge in [0.2, 0.25) is 0 Å². The Bertz CT molecular complexity index is 1370. The van der Waals surface area contributed by atoms with Crippen molar-refractivity contribution in [2.24, 2.45) is 0 Å². The molecule has 0 fully saturated rings. The van der Waals surface area contributed by atoms with Gasteiger partial charge in [-0.05, 0) is 68.4 Å². The van der Waals surface area contributed by atoms with Gasteiger partial charge in [0.05, 0.1) is 11.0 Å². The molecule has 0 atom stereocenters. The highest BCUT2D eigenvalue weighted by Gasteiger charge is 2.11. The number of ether oxygens (including phenoxy) is 1. The highest BCUT2D eigenvalue weighted by molar-refractivity contribution is 6.05. The van der Waals surface area contributed by atoms with E-state index in [9.17, 15) is 14.4 Å². The van der Waals surface area contributed by atoms with Crippen molar-refractivity contribution in [3.63, 3.8) is 0 Å². The summed E-state index contributed by atoms with van der Waals surface area (Å²) >= 11 is 0. The fourth-order valence-corrected chi connectivity index (χ4v) is 3.29. The second kappa shape index (κ2) is 8.31. The SMILES string of the molecule is CCn1c(=O)c(=O)[nH]c2cc(C(=O)Nc3ccc(Oc4ccc(C)cc4)cc3)ccc21. The van der Waals surface area contributed by atoms with Gasteiger partial charge in [0.15, 0.2) is 0 Å². The van der Waals surface area contributed by atoms with Crippen LogP contribution in [0.4, 0.5) is 5.69 Å². The molecule has 7 heteroatoms. The number of fused-ring (bicyclic) bond motifs is 1. The number of hydrogen-bond donors (Lipinski definition) is 2. The van der Waals surface area contributed by atoms with Crippen molar-refractivity contribution in [2.45, 2.75) is 20.4 Å². The highest BCUT2D eigenvalue weighted by Crippen LogP contribution is 2.23. The Balaban J connectivity index is 1.52. The lowest BCUT2D eigenvalue weighted by Crippen LogP contribution is -2.36. The Labute approximate surface area is 177 Å². The number of rotatable bonds is 5. The van der Waals surface area contributed by atoms with Crippen molar-refractivity contribution in [3.05, 3.63) is 98.6 Å². The van der Waals surface area contributed by atoms with E-state index in [1.165, 1.54) is 4.57 Å². The largest absolute Gasteiger partial charge is 0.457 e. The van der Waals surface area contributed by atoms with Gasteiger partial charge in [-0.2, -0.15) is 0 Å². The average molecular weight is 415 g/mol. The number of aromatic nitrogens is 2. The quantitative estimate of drug-likeness (QED) is 0.481. The van der Waals surface area contributed by atoms with Crippen LogP contribution in [0.1, 0.15) is 22.8 Å². The maximum atomic E-state index is 12.7. The number of nitrogens with one attached hydrogen (secondary N) is 2. The van der Waals surface area contributed by atoms with Gasteiger partial charge in [-0.25, -0.2) is 0 Å². The molecule has 31 heavy (non-hydrogen) atoms. The monoisotopic (exact) mass is 415 g/mol. The molecule has 7 nitrogen and oxygen atoms in total. The molecule has 0 aliphatic carbocycles. The summed E-state index contributed by atoms with van der Waals surface area (Å²) in [6.45, 7) is 4.16. The molecule has 1 heterocycles. The van der Waals surface area contributed by atoms with Crippen LogP contribution in [-0.4, -0.2) is 15.5 Å². The number of benzene rings is 3. The fraction of sp³-hybridized carbons (Fsp3) is 0.125. The van der Waals surface area contributed by atoms with Crippen molar-refractivity contribution in [1.29, 1.82) is 0 Å². The molecule has 2 N–H and O–H groups in total. The molecule has 156 valence electrons. The Hall–Kier alpha value is -4.13. The van der Waals surface area contributed by atoms with Crippen LogP contribution in [0.15, 0.2) is 76.3 Å². The second-order valence-corrected chi connectivity index (χ2v) is 7.13. The fourth-order valence-electron chi connectivity index (χ4n) is 3.29. The lowest BCUT2D eigenvalue weighted by molar-refractivity contribution is 0.102. The number of nitrogens with zero attached hydrogens (tertiary/aromatic N) is 1. The molecule has 0 bridgehead atoms. The number of hydrogen-bond acceptors (Lipinski definition) is 4. The smallest absolute Gasteiger partial charge is 0.316 e. The van der Waals surface area contributed by atoms with Crippen molar-refractivity contribution < 1.29 is 9.53 Å². The highest BCUT2D eigenvalue weighted by atomic mass is 16.5. The maximum Gasteiger partial charge on any atom is 0.316 e. The number of aromatic amines is 1. The van der Waals surface area contributed by atoms with E-state index in [-0.39, 0.29) is 5.91 Å². The molecule has 3 aromatic carbocycles. The summed E-state index contributed by atoms with van der Waals surface area (Å²) in [5, 5.41) is 2.82. The molecule has 4 aromatic rings. The third-order valence-corrected chi connectivity index (χ3v) is 4.92. The number of carbonyl (C=O) groups is 1. The van der Waals surface area contributed by atoms with Crippen molar-refractivity contribution in [1.82, 2.24) is 9.55 Å². The topological polar surface area (TPSA) is 93.2 Å². The molecule has 1 aromatic heterocycles. The van der Waals surface area contributed by atoms with E-state index in [1.54, 1.807) is 49.4 Å². The first kappa shape index (κ1) is 20.2. The Morgan fingerprint density at radius 1 is 0.968 bits per heavy atom. The van der Waals surface area contributed by atoms with Crippen LogP contribution < -0.4 is 21.2 Å². The van der Waals surface area contributed by atoms with Gasteiger partial charge in [-0.1, -0.05) is 17.7 Å². The predicted molar refractivity (Wildman–Crippen MR) is 120 cm³/mol. The molecule has 0 unspecified atom stereocenters.